The maximum Gasteiger partial charge on any atom is 0.326 e. The molecule has 1 aliphatic heterocycles. The van der Waals surface area contributed by atoms with E-state index in [1.54, 1.807) is 32.4 Å². The van der Waals surface area contributed by atoms with Crippen LogP contribution in [0.5, 0.6) is 0 Å². The molecule has 3 N–H and O–H groups in total. The third-order valence-corrected chi connectivity index (χ3v) is 6.89. The molecule has 0 saturated carbocycles. The number of carbonyl (C=O) groups excluding carboxylic acids is 1. The number of benzene rings is 1. The molecular formula is C28H39N5O4. The lowest BCUT2D eigenvalue weighted by Crippen LogP contribution is -2.46. The number of imidazole rings is 1. The Morgan fingerprint density at radius 3 is 2.73 bits per heavy atom. The number of aliphatic hydroxyl groups is 1. The summed E-state index contributed by atoms with van der Waals surface area (Å²) in [5, 5.41) is 16.8. The van der Waals surface area contributed by atoms with E-state index in [0.29, 0.717) is 18.0 Å². The zero-order chi connectivity index (χ0) is 26.7. The summed E-state index contributed by atoms with van der Waals surface area (Å²) in [5.41, 5.74) is 4.43. The van der Waals surface area contributed by atoms with E-state index in [1.165, 1.54) is 0 Å². The van der Waals surface area contributed by atoms with Crippen LogP contribution in [-0.2, 0) is 29.7 Å². The number of aryl methyl sites for hydroxylation is 2. The molecule has 1 aromatic carbocycles. The minimum atomic E-state index is -0.890. The van der Waals surface area contributed by atoms with Crippen molar-refractivity contribution >= 4 is 17.0 Å². The van der Waals surface area contributed by atoms with E-state index in [2.05, 4.69) is 21.3 Å². The fourth-order valence-electron chi connectivity index (χ4n) is 5.01. The molecule has 2 unspecified atom stereocenters. The molecule has 1 saturated heterocycles. The topological polar surface area (TPSA) is 110 Å². The van der Waals surface area contributed by atoms with Crippen molar-refractivity contribution < 1.29 is 14.6 Å². The smallest absolute Gasteiger partial charge is 0.326 e. The number of hydrogen-bond acceptors (Lipinski definition) is 7. The summed E-state index contributed by atoms with van der Waals surface area (Å²) in [6, 6.07) is 7.16. The highest BCUT2D eigenvalue weighted by molar-refractivity contribution is 5.81. The van der Waals surface area contributed by atoms with Gasteiger partial charge in [0.1, 0.15) is 11.9 Å². The highest BCUT2D eigenvalue weighted by Gasteiger charge is 2.26. The van der Waals surface area contributed by atoms with E-state index in [4.69, 9.17) is 9.72 Å². The van der Waals surface area contributed by atoms with Crippen LogP contribution in [0, 0.1) is 12.8 Å². The molecule has 2 aromatic heterocycles. The number of piperidine rings is 1. The molecule has 3 heterocycles. The summed E-state index contributed by atoms with van der Waals surface area (Å²) in [4.78, 5) is 29.8. The first-order valence-corrected chi connectivity index (χ1v) is 13.1. The summed E-state index contributed by atoms with van der Waals surface area (Å²) < 4.78 is 9.18. The van der Waals surface area contributed by atoms with E-state index in [9.17, 15) is 14.7 Å². The van der Waals surface area contributed by atoms with Crippen LogP contribution in [0.3, 0.4) is 0 Å². The third-order valence-electron chi connectivity index (χ3n) is 6.89. The van der Waals surface area contributed by atoms with Gasteiger partial charge in [0.2, 0.25) is 0 Å². The molecule has 1 fully saturated rings. The van der Waals surface area contributed by atoms with Gasteiger partial charge in [-0.15, -0.1) is 0 Å². The number of pyridine rings is 1. The van der Waals surface area contributed by atoms with Gasteiger partial charge in [-0.05, 0) is 83.3 Å². The lowest BCUT2D eigenvalue weighted by molar-refractivity contribution is -0.152. The second-order valence-corrected chi connectivity index (χ2v) is 10.5. The molecule has 37 heavy (non-hydrogen) atoms. The lowest BCUT2D eigenvalue weighted by Gasteiger charge is -2.24. The van der Waals surface area contributed by atoms with Crippen LogP contribution >= 0.6 is 0 Å². The first-order chi connectivity index (χ1) is 17.6. The first kappa shape index (κ1) is 27.0. The van der Waals surface area contributed by atoms with Gasteiger partial charge in [-0.1, -0.05) is 6.07 Å². The number of aliphatic hydroxyl groups excluding tert-OH is 1. The minimum Gasteiger partial charge on any atom is -0.462 e. The van der Waals surface area contributed by atoms with Crippen molar-refractivity contribution in [2.75, 3.05) is 13.1 Å². The van der Waals surface area contributed by atoms with Gasteiger partial charge < -0.3 is 24.3 Å². The van der Waals surface area contributed by atoms with E-state index in [1.807, 2.05) is 31.3 Å². The molecule has 0 bridgehead atoms. The van der Waals surface area contributed by atoms with Crippen molar-refractivity contribution in [1.29, 1.82) is 0 Å². The fraction of sp³-hybridized carbons (Fsp3) is 0.536. The predicted molar refractivity (Wildman–Crippen MR) is 144 cm³/mol. The second kappa shape index (κ2) is 11.6. The molecule has 4 rings (SSSR count). The Kier molecular flexibility index (Phi) is 8.46. The van der Waals surface area contributed by atoms with Gasteiger partial charge in [-0.25, -0.2) is 4.98 Å². The van der Waals surface area contributed by atoms with Crippen LogP contribution in [0.15, 0.2) is 35.3 Å². The molecule has 9 nitrogen and oxygen atoms in total. The van der Waals surface area contributed by atoms with Crippen molar-refractivity contribution in [2.45, 2.75) is 71.9 Å². The van der Waals surface area contributed by atoms with Crippen LogP contribution < -0.4 is 16.2 Å². The maximum atomic E-state index is 12.5. The quantitative estimate of drug-likeness (QED) is 0.380. The van der Waals surface area contributed by atoms with Crippen LogP contribution in [-0.4, -0.2) is 56.5 Å². The summed E-state index contributed by atoms with van der Waals surface area (Å²) >= 11 is 0. The Morgan fingerprint density at radius 2 is 2.08 bits per heavy atom. The molecule has 0 amide bonds. The van der Waals surface area contributed by atoms with Crippen LogP contribution in [0.1, 0.15) is 44.7 Å². The highest BCUT2D eigenvalue weighted by Crippen LogP contribution is 2.28. The monoisotopic (exact) mass is 509 g/mol. The molecule has 200 valence electrons. The lowest BCUT2D eigenvalue weighted by atomic mass is 9.99. The van der Waals surface area contributed by atoms with Gasteiger partial charge in [0.25, 0.3) is 5.56 Å². The second-order valence-electron chi connectivity index (χ2n) is 10.5. The Bertz CT molecular complexity index is 1280. The summed E-state index contributed by atoms with van der Waals surface area (Å²) in [6.45, 7) is 10.2. The number of hydrogen-bond donors (Lipinski definition) is 3. The average molecular weight is 510 g/mol. The predicted octanol–water partition coefficient (Wildman–Crippen LogP) is 2.50. The van der Waals surface area contributed by atoms with Crippen molar-refractivity contribution in [1.82, 2.24) is 24.8 Å². The molecular weight excluding hydrogens is 470 g/mol. The minimum absolute atomic E-state index is 0.0140. The highest BCUT2D eigenvalue weighted by atomic mass is 16.5. The normalized spacial score (nSPS) is 17.8. The SMILES string of the molecule is Cc1cc(-c2nc3ccc(CNC(C(=O)OC(C)C)C(C)O)cc3n2C[C@H]2CCCNC2)cn(C)c1=O. The maximum absolute atomic E-state index is 12.5. The molecule has 0 radical (unpaired) electrons. The Balaban J connectivity index is 1.69. The number of ether oxygens (including phenoxy) is 1. The summed E-state index contributed by atoms with van der Waals surface area (Å²) in [5.74, 6) is 0.853. The number of fused-ring (bicyclic) bond motifs is 1. The van der Waals surface area contributed by atoms with E-state index in [0.717, 1.165) is 60.5 Å². The number of rotatable bonds is 9. The van der Waals surface area contributed by atoms with Gasteiger partial charge in [0.05, 0.1) is 23.2 Å². The van der Waals surface area contributed by atoms with Gasteiger partial charge in [0, 0.05) is 37.5 Å². The zero-order valence-corrected chi connectivity index (χ0v) is 22.5. The Hall–Kier alpha value is -3.01. The standard InChI is InChI=1S/C28H39N5O4/c1-17(2)37-28(36)25(19(4)34)30-14-20-8-9-23-24(12-20)33(15-21-7-6-10-29-13-21)26(31-23)22-11-18(3)27(35)32(5)16-22/h8-9,11-12,16-17,19,21,25,29-30,34H,6-7,10,13-15H2,1-5H3/t19?,21-,25?/m0/s1. The number of esters is 1. The molecule has 0 aliphatic carbocycles. The van der Waals surface area contributed by atoms with E-state index in [-0.39, 0.29) is 11.7 Å². The average Bonchev–Trinajstić information content (AvgIpc) is 3.20. The summed E-state index contributed by atoms with van der Waals surface area (Å²) in [7, 11) is 1.77. The molecule has 3 atom stereocenters. The number of nitrogens with one attached hydrogen (secondary N) is 2. The van der Waals surface area contributed by atoms with Gasteiger partial charge in [-0.3, -0.25) is 14.9 Å². The van der Waals surface area contributed by atoms with Gasteiger partial charge in [0.15, 0.2) is 0 Å². The van der Waals surface area contributed by atoms with Crippen molar-refractivity contribution in [2.24, 2.45) is 13.0 Å². The largest absolute Gasteiger partial charge is 0.462 e. The number of nitrogens with zero attached hydrogens (tertiary/aromatic N) is 3. The number of aromatic nitrogens is 3. The zero-order valence-electron chi connectivity index (χ0n) is 22.5. The number of carbonyl (C=O) groups is 1. The molecule has 0 spiro atoms. The van der Waals surface area contributed by atoms with Crippen LogP contribution in [0.25, 0.3) is 22.4 Å². The van der Waals surface area contributed by atoms with Crippen LogP contribution in [0.2, 0.25) is 0 Å². The van der Waals surface area contributed by atoms with Gasteiger partial charge in [-0.2, -0.15) is 0 Å². The van der Waals surface area contributed by atoms with Gasteiger partial charge >= 0.3 is 5.97 Å². The molecule has 1 aliphatic rings. The fourth-order valence-corrected chi connectivity index (χ4v) is 5.01. The Morgan fingerprint density at radius 1 is 1.30 bits per heavy atom. The van der Waals surface area contributed by atoms with Crippen molar-refractivity contribution in [3.63, 3.8) is 0 Å². The summed E-state index contributed by atoms with van der Waals surface area (Å²) in [6.07, 6.45) is 3.00. The first-order valence-electron chi connectivity index (χ1n) is 13.1. The van der Waals surface area contributed by atoms with Crippen molar-refractivity contribution in [3.05, 3.63) is 51.9 Å². The molecule has 9 heteroatoms. The van der Waals surface area contributed by atoms with E-state index >= 15 is 0 Å². The van der Waals surface area contributed by atoms with Crippen LogP contribution in [0.4, 0.5) is 0 Å². The third kappa shape index (κ3) is 6.29. The van der Waals surface area contributed by atoms with Crippen molar-refractivity contribution in [3.8, 4) is 11.4 Å². The Labute approximate surface area is 217 Å². The molecule has 3 aromatic rings. The van der Waals surface area contributed by atoms with E-state index < -0.39 is 18.1 Å².